The Morgan fingerprint density at radius 3 is 1.46 bits per heavy atom. The van der Waals surface area contributed by atoms with E-state index in [1.54, 1.807) is 0 Å². The van der Waals surface area contributed by atoms with Gasteiger partial charge in [0.2, 0.25) is 17.7 Å². The van der Waals surface area contributed by atoms with Crippen LogP contribution >= 0.6 is 0 Å². The third-order valence-corrected chi connectivity index (χ3v) is 16.0. The van der Waals surface area contributed by atoms with Gasteiger partial charge in [-0.2, -0.15) is 0 Å². The molecular formula is C48H79N3O36. The summed E-state index contributed by atoms with van der Waals surface area (Å²) in [4.78, 5) is 65.7. The Hall–Kier alpha value is -3.81. The Labute approximate surface area is 491 Å². The van der Waals surface area contributed by atoms with Gasteiger partial charge in [-0.25, -0.2) is 9.59 Å². The monoisotopic (exact) mass is 1270 g/mol. The molecule has 502 valence electrons. The highest BCUT2D eigenvalue weighted by Crippen LogP contribution is 2.45. The van der Waals surface area contributed by atoms with Crippen molar-refractivity contribution in [2.75, 3.05) is 39.6 Å². The lowest BCUT2D eigenvalue weighted by atomic mass is 9.72. The van der Waals surface area contributed by atoms with Crippen molar-refractivity contribution >= 4 is 29.7 Å². The smallest absolute Gasteiger partial charge is 0.364 e. The molecule has 6 rings (SSSR count). The van der Waals surface area contributed by atoms with E-state index < -0.39 is 277 Å². The molecule has 0 aromatic carbocycles. The van der Waals surface area contributed by atoms with Gasteiger partial charge in [0.1, 0.15) is 122 Å². The zero-order valence-electron chi connectivity index (χ0n) is 46.5. The summed E-state index contributed by atoms with van der Waals surface area (Å²) in [5, 5.41) is 237. The van der Waals surface area contributed by atoms with Crippen LogP contribution in [0.2, 0.25) is 0 Å². The topological polar surface area (TPSA) is 639 Å². The van der Waals surface area contributed by atoms with Gasteiger partial charge in [-0.1, -0.05) is 0 Å². The van der Waals surface area contributed by atoms with Gasteiger partial charge in [-0.3, -0.25) is 14.4 Å². The van der Waals surface area contributed by atoms with Crippen molar-refractivity contribution in [3.05, 3.63) is 0 Å². The largest absolute Gasteiger partial charge is 0.479 e. The van der Waals surface area contributed by atoms with E-state index in [1.165, 1.54) is 0 Å². The molecule has 39 nitrogen and oxygen atoms in total. The van der Waals surface area contributed by atoms with Crippen LogP contribution < -0.4 is 16.0 Å². The van der Waals surface area contributed by atoms with Crippen LogP contribution in [0.15, 0.2) is 0 Å². The molecule has 6 heterocycles. The summed E-state index contributed by atoms with van der Waals surface area (Å²) in [5.74, 6) is -13.6. The van der Waals surface area contributed by atoms with Crippen molar-refractivity contribution in [2.24, 2.45) is 5.92 Å². The molecule has 6 fully saturated rings. The van der Waals surface area contributed by atoms with E-state index in [0.29, 0.717) is 0 Å². The summed E-state index contributed by atoms with van der Waals surface area (Å²) in [5.41, 5.74) is -3.24. The molecule has 0 saturated carbocycles. The number of rotatable bonds is 24. The number of nitrogens with one attached hydrogen (secondary N) is 3. The number of ether oxygens (including phenoxy) is 10. The minimum absolute atomic E-state index is 0.849. The summed E-state index contributed by atoms with van der Waals surface area (Å²) in [6.45, 7) is -4.76. The van der Waals surface area contributed by atoms with Crippen LogP contribution in [0.4, 0.5) is 0 Å². The van der Waals surface area contributed by atoms with Crippen LogP contribution in [-0.2, 0) is 71.3 Å². The van der Waals surface area contributed by atoms with Crippen LogP contribution in [0, 0.1) is 5.92 Å². The molecule has 0 aromatic heterocycles. The maximum atomic E-state index is 14.0. The van der Waals surface area contributed by atoms with Gasteiger partial charge in [-0.05, 0) is 0 Å². The fraction of sp³-hybridized carbons (Fsp3) is 0.896. The molecule has 0 radical (unpaired) electrons. The Balaban J connectivity index is 1.49. The highest BCUT2D eigenvalue weighted by molar-refractivity contribution is 5.79. The molecule has 32 atom stereocenters. The molecule has 24 N–H and O–H groups in total. The summed E-state index contributed by atoms with van der Waals surface area (Å²) >= 11 is 0. The molecule has 3 amide bonds. The summed E-state index contributed by atoms with van der Waals surface area (Å²) in [6, 6.07) is -5.91. The number of carboxylic acid groups (broad SMARTS) is 2. The Morgan fingerprint density at radius 1 is 0.471 bits per heavy atom. The number of carboxylic acids is 2. The summed E-state index contributed by atoms with van der Waals surface area (Å²) in [7, 11) is 0. The van der Waals surface area contributed by atoms with Crippen molar-refractivity contribution < 1.29 is 179 Å². The molecule has 0 bridgehead atoms. The summed E-state index contributed by atoms with van der Waals surface area (Å²) < 4.78 is 58.2. The van der Waals surface area contributed by atoms with Gasteiger partial charge in [-0.15, -0.1) is 0 Å². The lowest BCUT2D eigenvalue weighted by Gasteiger charge is -2.54. The number of carbonyl (C=O) groups is 5. The zero-order chi connectivity index (χ0) is 65.1. The predicted octanol–water partition coefficient (Wildman–Crippen LogP) is -15.0. The van der Waals surface area contributed by atoms with Crippen molar-refractivity contribution in [3.63, 3.8) is 0 Å². The number of hydrogen-bond donors (Lipinski definition) is 24. The van der Waals surface area contributed by atoms with Crippen LogP contribution in [0.1, 0.15) is 33.6 Å². The third kappa shape index (κ3) is 15.1. The van der Waals surface area contributed by atoms with E-state index in [9.17, 15) is 131 Å². The first-order valence-corrected chi connectivity index (χ1v) is 27.2. The van der Waals surface area contributed by atoms with Gasteiger partial charge in [0.25, 0.3) is 5.79 Å². The minimum atomic E-state index is -3.66. The molecule has 0 aromatic rings. The number of amides is 3. The normalized spacial score (nSPS) is 45.0. The van der Waals surface area contributed by atoms with E-state index >= 15 is 0 Å². The first kappa shape index (κ1) is 72.3. The standard InChI is InChI=1S/C48H79N3O36/c1-12(58)49-23-16(61)4-47(45(74)75,85-39(23)27(65)18(63)7-53)15(6-52)26(64)38-24(50-13(2)59)17(62)5-48(86-38,46(76)77)87-40-34(72)44(82-35-21(10-56)78-41(73)32(70)31(35)69)81-22(11-57)36(40)83-42-25(51-14(3)60)37(29(67)20(9-55)79-42)84-43-33(71)30(68)28(66)19(8-54)80-43/h15-44,52-57,61-73H,4-11H2,1-3H3,(H,49,58)(H,50,59)(H,51,60)(H,74,75)(H,76,77)/t15?,16-,17-,18?,19+,20+,21+,22+,23+,24+,25+,26?,27?,28-,29-,30-,31+,32+,33+,34+,35+,36-,37+,38+,39+,40+,41?,42-,43-,44-,47-,48-/m0/s1. The zero-order valence-corrected chi connectivity index (χ0v) is 46.5. The van der Waals surface area contributed by atoms with Crippen molar-refractivity contribution in [2.45, 2.75) is 223 Å². The summed E-state index contributed by atoms with van der Waals surface area (Å²) in [6.07, 6.45) is -60.5. The quantitative estimate of drug-likeness (QED) is 0.0427. The molecule has 6 saturated heterocycles. The Morgan fingerprint density at radius 2 is 0.943 bits per heavy atom. The first-order valence-electron chi connectivity index (χ1n) is 27.2. The van der Waals surface area contributed by atoms with Crippen molar-refractivity contribution in [1.82, 2.24) is 16.0 Å². The lowest BCUT2D eigenvalue weighted by Crippen LogP contribution is -2.74. The second-order valence-corrected chi connectivity index (χ2v) is 21.9. The average molecular weight is 1270 g/mol. The maximum absolute atomic E-state index is 14.0. The van der Waals surface area contributed by atoms with E-state index in [-0.39, 0.29) is 0 Å². The second kappa shape index (κ2) is 30.1. The molecule has 0 spiro atoms. The van der Waals surface area contributed by atoms with E-state index in [0.717, 1.165) is 20.8 Å². The maximum Gasteiger partial charge on any atom is 0.364 e. The first-order chi connectivity index (χ1) is 40.8. The highest BCUT2D eigenvalue weighted by Gasteiger charge is 2.66. The van der Waals surface area contributed by atoms with E-state index in [1.807, 2.05) is 0 Å². The molecule has 6 aliphatic heterocycles. The van der Waals surface area contributed by atoms with Gasteiger partial charge in [0, 0.05) is 33.6 Å². The minimum Gasteiger partial charge on any atom is -0.479 e. The molecule has 39 heteroatoms. The molecule has 87 heavy (non-hydrogen) atoms. The Bertz CT molecular complexity index is 2300. The van der Waals surface area contributed by atoms with E-state index in [2.05, 4.69) is 16.0 Å². The average Bonchev–Trinajstić information content (AvgIpc) is 2.35. The van der Waals surface area contributed by atoms with Gasteiger partial charge in [0.15, 0.2) is 30.8 Å². The number of aliphatic carboxylic acids is 2. The highest BCUT2D eigenvalue weighted by atomic mass is 16.8. The van der Waals surface area contributed by atoms with Crippen LogP contribution in [0.25, 0.3) is 0 Å². The second-order valence-electron chi connectivity index (χ2n) is 21.9. The van der Waals surface area contributed by atoms with Gasteiger partial charge in [0.05, 0.1) is 76.0 Å². The van der Waals surface area contributed by atoms with Crippen molar-refractivity contribution in [1.29, 1.82) is 0 Å². The molecular weight excluding hydrogens is 1190 g/mol. The Kier molecular flexibility index (Phi) is 25.0. The van der Waals surface area contributed by atoms with Gasteiger partial charge >= 0.3 is 11.9 Å². The number of aliphatic hydroxyl groups excluding tert-OH is 19. The molecule has 5 unspecified atom stereocenters. The molecule has 6 aliphatic rings. The van der Waals surface area contributed by atoms with Crippen molar-refractivity contribution in [3.8, 4) is 0 Å². The predicted molar refractivity (Wildman–Crippen MR) is 267 cm³/mol. The fourth-order valence-electron chi connectivity index (χ4n) is 11.5. The number of aliphatic hydroxyl groups is 19. The number of hydrogen-bond acceptors (Lipinski definition) is 34. The van der Waals surface area contributed by atoms with Gasteiger partial charge < -0.3 is 171 Å². The number of carbonyl (C=O) groups excluding carboxylic acids is 3. The van der Waals surface area contributed by atoms with Crippen LogP contribution in [-0.4, -0.2) is 365 Å². The van der Waals surface area contributed by atoms with Crippen LogP contribution in [0.5, 0.6) is 0 Å². The van der Waals surface area contributed by atoms with Crippen LogP contribution in [0.3, 0.4) is 0 Å². The fourth-order valence-corrected chi connectivity index (χ4v) is 11.5. The molecule has 0 aliphatic carbocycles. The lowest BCUT2D eigenvalue weighted by molar-refractivity contribution is -0.403. The third-order valence-electron chi connectivity index (χ3n) is 16.0. The SMILES string of the molecule is CC(=O)N[C@@H]1[C@@H](O)C[C@@](C(=O)O)(C(CO)C(O)[C@@H]2O[C@@](O[C@@H]3[C@@H](O)[C@H](O[C@H]4[C@H](O)[C@@H](O)C(O)O[C@@H]4CO)O[C@H](CO)[C@@H]3O[C@@H]3O[C@H](CO)[C@H](O)[C@H](O[C@@H]4O[C@H](CO)[C@H](O)[C@H](O)[C@H]4O)[C@H]3NC(C)=O)(C(=O)O)C[C@H](O)[C@H]2NC(C)=O)O[C@H]1C(O)C(O)CO. The van der Waals surface area contributed by atoms with E-state index in [4.69, 9.17) is 47.4 Å².